The molecule has 0 aromatic rings. The number of hydrogen-bond acceptors (Lipinski definition) is 3. The van der Waals surface area contributed by atoms with Gasteiger partial charge in [0, 0.05) is 12.1 Å². The van der Waals surface area contributed by atoms with E-state index in [1.807, 2.05) is 0 Å². The van der Waals surface area contributed by atoms with E-state index >= 15 is 0 Å². The minimum absolute atomic E-state index is 0.287. The van der Waals surface area contributed by atoms with E-state index in [9.17, 15) is 0 Å². The Labute approximate surface area is 118 Å². The lowest BCUT2D eigenvalue weighted by Gasteiger charge is -2.48. The van der Waals surface area contributed by atoms with Crippen LogP contribution in [0.25, 0.3) is 0 Å². The van der Waals surface area contributed by atoms with Crippen LogP contribution >= 0.6 is 0 Å². The highest BCUT2D eigenvalue weighted by Gasteiger charge is 2.64. The molecule has 3 heterocycles. The lowest BCUT2D eigenvalue weighted by Crippen LogP contribution is -2.60. The van der Waals surface area contributed by atoms with Crippen molar-refractivity contribution in [1.29, 1.82) is 0 Å². The molecule has 3 nitrogen and oxygen atoms in total. The minimum Gasteiger partial charge on any atom is -0.413 e. The summed E-state index contributed by atoms with van der Waals surface area (Å²) in [5.74, 6) is 1.11. The summed E-state index contributed by atoms with van der Waals surface area (Å²) < 4.78 is 12.6. The molecule has 7 atom stereocenters. The number of ether oxygens (including phenoxy) is 1. The molecule has 4 heteroatoms. The summed E-state index contributed by atoms with van der Waals surface area (Å²) in [6.07, 6.45) is 1.33. The summed E-state index contributed by atoms with van der Waals surface area (Å²) in [6.45, 7) is 16.4. The molecule has 0 amide bonds. The highest BCUT2D eigenvalue weighted by atomic mass is 28.4. The number of morpholine rings is 1. The van der Waals surface area contributed by atoms with Gasteiger partial charge in [0.25, 0.3) is 0 Å². The van der Waals surface area contributed by atoms with Crippen LogP contribution in [0.5, 0.6) is 0 Å². The topological polar surface area (TPSA) is 33.8 Å². The molecule has 3 rings (SSSR count). The Morgan fingerprint density at radius 2 is 1.47 bits per heavy atom. The molecule has 3 aliphatic heterocycles. The molecule has 1 N–H and O–H groups in total. The largest absolute Gasteiger partial charge is 0.413 e. The Balaban J connectivity index is 1.78. The van der Waals surface area contributed by atoms with Crippen molar-refractivity contribution in [3.05, 3.63) is 0 Å². The zero-order valence-corrected chi connectivity index (χ0v) is 14.4. The van der Waals surface area contributed by atoms with Crippen molar-refractivity contribution in [2.24, 2.45) is 11.8 Å². The van der Waals surface area contributed by atoms with Crippen molar-refractivity contribution in [3.63, 3.8) is 0 Å². The zero-order valence-electron chi connectivity index (χ0n) is 13.4. The normalized spacial score (nSPS) is 49.1. The van der Waals surface area contributed by atoms with Crippen LogP contribution in [0.1, 0.15) is 34.6 Å². The van der Waals surface area contributed by atoms with Gasteiger partial charge < -0.3 is 14.5 Å². The molecule has 110 valence electrons. The first-order valence-electron chi connectivity index (χ1n) is 7.73. The van der Waals surface area contributed by atoms with Crippen LogP contribution in [0.15, 0.2) is 0 Å². The molecule has 2 bridgehead atoms. The summed E-state index contributed by atoms with van der Waals surface area (Å²) in [5.41, 5.74) is 0. The van der Waals surface area contributed by atoms with E-state index in [4.69, 9.17) is 9.16 Å². The third kappa shape index (κ3) is 2.03. The van der Waals surface area contributed by atoms with Crippen molar-refractivity contribution in [1.82, 2.24) is 5.32 Å². The van der Waals surface area contributed by atoms with Crippen LogP contribution in [0.4, 0.5) is 0 Å². The van der Waals surface area contributed by atoms with Gasteiger partial charge in [0.15, 0.2) is 8.32 Å². The van der Waals surface area contributed by atoms with Gasteiger partial charge in [-0.05, 0) is 30.0 Å². The Morgan fingerprint density at radius 1 is 1.00 bits per heavy atom. The molecule has 0 spiro atoms. The fourth-order valence-corrected chi connectivity index (χ4v) is 5.11. The molecule has 0 radical (unpaired) electrons. The SMILES string of the molecule is C[C@@H]1C(O[Si](C)(C)C(C)(C)C)[C@H](C)[C@H]2N[C@@H]1[C@@H]1O[C@H]21. The lowest BCUT2D eigenvalue weighted by atomic mass is 9.83. The van der Waals surface area contributed by atoms with E-state index in [-0.39, 0.29) is 5.04 Å². The van der Waals surface area contributed by atoms with Gasteiger partial charge in [-0.15, -0.1) is 0 Å². The van der Waals surface area contributed by atoms with Gasteiger partial charge in [-0.3, -0.25) is 0 Å². The number of piperidine rings is 1. The Kier molecular flexibility index (Phi) is 3.00. The third-order valence-electron chi connectivity index (χ3n) is 6.06. The predicted octanol–water partition coefficient (Wildman–Crippen LogP) is 2.77. The standard InChI is InChI=1S/C15H29NO2Si/c1-8-10-13-14(17-13)11(16-10)9(2)12(8)18-19(6,7)15(3,4)5/h8-14,16H,1-7H3/t8-,9+,10-,11+,12?,13-,14+. The van der Waals surface area contributed by atoms with Gasteiger partial charge in [0.2, 0.25) is 0 Å². The van der Waals surface area contributed by atoms with Crippen LogP contribution in [0.2, 0.25) is 18.1 Å². The van der Waals surface area contributed by atoms with Gasteiger partial charge in [-0.2, -0.15) is 0 Å². The Bertz CT molecular complexity index is 359. The number of fused-ring (bicyclic) bond motifs is 5. The van der Waals surface area contributed by atoms with Crippen molar-refractivity contribution >= 4 is 8.32 Å². The van der Waals surface area contributed by atoms with Gasteiger partial charge in [-0.1, -0.05) is 34.6 Å². The molecule has 3 fully saturated rings. The van der Waals surface area contributed by atoms with Crippen LogP contribution in [0.3, 0.4) is 0 Å². The molecule has 19 heavy (non-hydrogen) atoms. The second kappa shape index (κ2) is 4.06. The number of rotatable bonds is 2. The van der Waals surface area contributed by atoms with Gasteiger partial charge in [-0.25, -0.2) is 0 Å². The smallest absolute Gasteiger partial charge is 0.192 e. The number of hydrogen-bond donors (Lipinski definition) is 1. The number of nitrogens with one attached hydrogen (secondary N) is 1. The molecule has 3 saturated heterocycles. The monoisotopic (exact) mass is 283 g/mol. The van der Waals surface area contributed by atoms with E-state index < -0.39 is 8.32 Å². The first kappa shape index (κ1) is 14.1. The summed E-state index contributed by atoms with van der Waals surface area (Å²) in [5, 5.41) is 4.04. The van der Waals surface area contributed by atoms with Gasteiger partial charge >= 0.3 is 0 Å². The van der Waals surface area contributed by atoms with Crippen LogP contribution in [-0.2, 0) is 9.16 Å². The average Bonchev–Trinajstić information content (AvgIpc) is 2.97. The molecule has 3 aliphatic rings. The second-order valence-electron chi connectivity index (χ2n) is 8.34. The molecule has 1 unspecified atom stereocenters. The molecular weight excluding hydrogens is 254 g/mol. The Hall–Kier alpha value is 0.0969. The quantitative estimate of drug-likeness (QED) is 0.625. The lowest BCUT2D eigenvalue weighted by molar-refractivity contribution is -0.00514. The molecule has 0 aromatic carbocycles. The summed E-state index contributed by atoms with van der Waals surface area (Å²) in [7, 11) is -1.68. The van der Waals surface area contributed by atoms with E-state index in [2.05, 4.69) is 53.0 Å². The van der Waals surface area contributed by atoms with Crippen LogP contribution in [0, 0.1) is 11.8 Å². The maximum absolute atomic E-state index is 6.76. The highest BCUT2D eigenvalue weighted by Crippen LogP contribution is 2.49. The summed E-state index contributed by atoms with van der Waals surface area (Å²) in [6, 6.07) is 1.03. The summed E-state index contributed by atoms with van der Waals surface area (Å²) in [4.78, 5) is 0. The fraction of sp³-hybridized carbons (Fsp3) is 1.00. The number of epoxide rings is 1. The molecule has 0 saturated carbocycles. The fourth-order valence-electron chi connectivity index (χ4n) is 3.65. The first-order chi connectivity index (χ1) is 8.63. The molecule has 0 aliphatic carbocycles. The van der Waals surface area contributed by atoms with Crippen molar-refractivity contribution in [2.75, 3.05) is 0 Å². The van der Waals surface area contributed by atoms with E-state index in [1.54, 1.807) is 0 Å². The third-order valence-corrected chi connectivity index (χ3v) is 10.5. The maximum atomic E-state index is 6.76. The molecular formula is C15H29NO2Si. The van der Waals surface area contributed by atoms with Crippen molar-refractivity contribution in [3.8, 4) is 0 Å². The minimum atomic E-state index is -1.68. The summed E-state index contributed by atoms with van der Waals surface area (Å²) >= 11 is 0. The van der Waals surface area contributed by atoms with Crippen molar-refractivity contribution in [2.45, 2.75) is 83.1 Å². The average molecular weight is 283 g/mol. The van der Waals surface area contributed by atoms with Gasteiger partial charge in [0.05, 0.1) is 6.10 Å². The second-order valence-corrected chi connectivity index (χ2v) is 13.1. The van der Waals surface area contributed by atoms with Crippen LogP contribution in [-0.4, -0.2) is 38.7 Å². The first-order valence-corrected chi connectivity index (χ1v) is 10.6. The maximum Gasteiger partial charge on any atom is 0.192 e. The van der Waals surface area contributed by atoms with E-state index in [1.165, 1.54) is 0 Å². The van der Waals surface area contributed by atoms with Crippen molar-refractivity contribution < 1.29 is 9.16 Å². The molecule has 0 aromatic heterocycles. The predicted molar refractivity (Wildman–Crippen MR) is 79.8 cm³/mol. The Morgan fingerprint density at radius 3 is 1.89 bits per heavy atom. The van der Waals surface area contributed by atoms with Gasteiger partial charge in [0.1, 0.15) is 12.2 Å². The highest BCUT2D eigenvalue weighted by molar-refractivity contribution is 6.74. The zero-order chi connectivity index (χ0) is 14.2. The van der Waals surface area contributed by atoms with E-state index in [0.717, 1.165) is 0 Å². The van der Waals surface area contributed by atoms with Crippen LogP contribution < -0.4 is 5.32 Å². The van der Waals surface area contributed by atoms with E-state index in [0.29, 0.717) is 42.2 Å².